The minimum Gasteiger partial charge on any atom is -0.324 e. The molecule has 6 rings (SSSR count). The number of halogens is 2. The molecule has 2 spiro atoms. The zero-order valence-corrected chi connectivity index (χ0v) is 21.2. The number of ketones is 1. The van der Waals surface area contributed by atoms with Gasteiger partial charge in [-0.05, 0) is 54.6 Å². The van der Waals surface area contributed by atoms with Crippen LogP contribution >= 0.6 is 23.2 Å². The molecule has 0 bridgehead atoms. The number of hydrogen-bond donors (Lipinski definition) is 2. The summed E-state index contributed by atoms with van der Waals surface area (Å²) < 4.78 is 0. The fraction of sp³-hybridized carbons (Fsp3) is 0.241. The first-order valence-corrected chi connectivity index (χ1v) is 12.7. The average molecular weight is 518 g/mol. The summed E-state index contributed by atoms with van der Waals surface area (Å²) in [6, 6.07) is 22.8. The van der Waals surface area contributed by atoms with Crippen LogP contribution in [0, 0.1) is 5.41 Å². The molecule has 182 valence electrons. The number of fused-ring (bicyclic) bond motifs is 3. The van der Waals surface area contributed by atoms with Crippen LogP contribution in [0.2, 0.25) is 10.0 Å². The lowest BCUT2D eigenvalue weighted by Gasteiger charge is -2.48. The number of likely N-dealkylation sites (tertiary alicyclic amines) is 1. The van der Waals surface area contributed by atoms with E-state index in [-0.39, 0.29) is 17.6 Å². The van der Waals surface area contributed by atoms with Crippen molar-refractivity contribution in [2.45, 2.75) is 11.5 Å². The number of likely N-dealkylation sites (N-methyl/N-ethyl adjacent to an activating group) is 1. The van der Waals surface area contributed by atoms with Crippen LogP contribution in [0.5, 0.6) is 0 Å². The lowest BCUT2D eigenvalue weighted by atomic mass is 9.56. The number of piperidine rings is 1. The molecule has 0 aromatic heterocycles. The van der Waals surface area contributed by atoms with Crippen LogP contribution in [0.3, 0.4) is 0 Å². The third kappa shape index (κ3) is 3.17. The molecule has 3 aliphatic rings. The van der Waals surface area contributed by atoms with Crippen molar-refractivity contribution in [1.82, 2.24) is 10.2 Å². The molecular weight excluding hydrogens is 493 g/mol. The molecule has 0 aliphatic carbocycles. The Kier molecular flexibility index (Phi) is 5.58. The van der Waals surface area contributed by atoms with E-state index in [4.69, 9.17) is 23.2 Å². The Morgan fingerprint density at radius 3 is 2.33 bits per heavy atom. The molecule has 2 N–H and O–H groups in total. The Bertz CT molecular complexity index is 1400. The number of nitrogens with zero attached hydrogens (tertiary/aromatic N) is 1. The predicted octanol–water partition coefficient (Wildman–Crippen LogP) is 5.11. The van der Waals surface area contributed by atoms with E-state index in [1.54, 1.807) is 0 Å². The molecule has 3 atom stereocenters. The topological polar surface area (TPSA) is 61.4 Å². The standard InChI is InChI=1S/C29H25Cl2N3O2/c1-34-16-24(19-8-12-22(31)13-9-19)28(29(34)23-4-2-3-5-25(23)33-27(29)36)17-32-15-20(26(28)35)14-18-6-10-21(30)11-7-18/h2-14,24,32H,15-17H2,1H3,(H,33,36)/b20-14+/t24-,28+,29+/m0/s1. The highest BCUT2D eigenvalue weighted by Gasteiger charge is 2.74. The second-order valence-electron chi connectivity index (χ2n) is 9.82. The molecule has 2 fully saturated rings. The molecule has 3 aromatic rings. The minimum absolute atomic E-state index is 0.00708. The normalized spacial score (nSPS) is 28.8. The van der Waals surface area contributed by atoms with Crippen molar-refractivity contribution in [3.05, 3.63) is 105 Å². The second kappa shape index (κ2) is 8.56. The van der Waals surface area contributed by atoms with E-state index < -0.39 is 11.0 Å². The summed E-state index contributed by atoms with van der Waals surface area (Å²) in [6.45, 7) is 1.35. The number of nitrogens with one attached hydrogen (secondary N) is 2. The van der Waals surface area contributed by atoms with Crippen LogP contribution < -0.4 is 10.6 Å². The van der Waals surface area contributed by atoms with Crippen molar-refractivity contribution < 1.29 is 9.59 Å². The van der Waals surface area contributed by atoms with E-state index in [9.17, 15) is 9.59 Å². The quantitative estimate of drug-likeness (QED) is 0.463. The largest absolute Gasteiger partial charge is 0.324 e. The van der Waals surface area contributed by atoms with E-state index in [0.29, 0.717) is 35.3 Å². The molecule has 3 aromatic carbocycles. The summed E-state index contributed by atoms with van der Waals surface area (Å²) in [4.78, 5) is 30.9. The average Bonchev–Trinajstić information content (AvgIpc) is 3.32. The van der Waals surface area contributed by atoms with Crippen molar-refractivity contribution in [1.29, 1.82) is 0 Å². The van der Waals surface area contributed by atoms with Gasteiger partial charge in [-0.3, -0.25) is 14.5 Å². The first-order valence-electron chi connectivity index (χ1n) is 12.0. The lowest BCUT2D eigenvalue weighted by Crippen LogP contribution is -2.65. The smallest absolute Gasteiger partial charge is 0.250 e. The molecule has 1 amide bonds. The molecule has 36 heavy (non-hydrogen) atoms. The molecule has 3 heterocycles. The van der Waals surface area contributed by atoms with Crippen LogP contribution in [0.1, 0.15) is 22.6 Å². The van der Waals surface area contributed by atoms with E-state index in [1.165, 1.54) is 0 Å². The number of hydrogen-bond acceptors (Lipinski definition) is 4. The number of anilines is 1. The van der Waals surface area contributed by atoms with Gasteiger partial charge in [-0.25, -0.2) is 0 Å². The Morgan fingerprint density at radius 1 is 0.944 bits per heavy atom. The predicted molar refractivity (Wildman–Crippen MR) is 143 cm³/mol. The first-order chi connectivity index (χ1) is 17.4. The van der Waals surface area contributed by atoms with Crippen LogP contribution in [-0.2, 0) is 15.1 Å². The summed E-state index contributed by atoms with van der Waals surface area (Å²) in [5.41, 5.74) is 1.91. The van der Waals surface area contributed by atoms with Gasteiger partial charge in [0.2, 0.25) is 0 Å². The summed E-state index contributed by atoms with van der Waals surface area (Å²) >= 11 is 12.3. The molecule has 0 unspecified atom stereocenters. The summed E-state index contributed by atoms with van der Waals surface area (Å²) in [6.07, 6.45) is 1.91. The van der Waals surface area contributed by atoms with Crippen molar-refractivity contribution in [3.8, 4) is 0 Å². The fourth-order valence-electron chi connectivity index (χ4n) is 6.60. The second-order valence-corrected chi connectivity index (χ2v) is 10.7. The third-order valence-electron chi connectivity index (χ3n) is 8.06. The van der Waals surface area contributed by atoms with Crippen LogP contribution in [-0.4, -0.2) is 43.3 Å². The van der Waals surface area contributed by atoms with Crippen LogP contribution in [0.4, 0.5) is 5.69 Å². The Hall–Kier alpha value is -2.96. The Morgan fingerprint density at radius 2 is 1.61 bits per heavy atom. The highest BCUT2D eigenvalue weighted by molar-refractivity contribution is 6.30. The zero-order valence-electron chi connectivity index (χ0n) is 19.7. The number of carbonyl (C=O) groups is 2. The van der Waals surface area contributed by atoms with E-state index in [2.05, 4.69) is 15.5 Å². The zero-order chi connectivity index (χ0) is 25.1. The Balaban J connectivity index is 1.59. The number of carbonyl (C=O) groups excluding carboxylic acids is 2. The SMILES string of the molecule is CN1C[C@@H](c2ccc(Cl)cc2)[C@@]2(CNC/C(=C\c3ccc(Cl)cc3)C2=O)[C@@]12C(=O)Nc1ccccc12. The summed E-state index contributed by atoms with van der Waals surface area (Å²) in [5.74, 6) is -0.400. The van der Waals surface area contributed by atoms with Crippen LogP contribution in [0.15, 0.2) is 78.4 Å². The molecule has 7 heteroatoms. The Labute approximate surface area is 220 Å². The van der Waals surface area contributed by atoms with Gasteiger partial charge in [-0.15, -0.1) is 0 Å². The van der Waals surface area contributed by atoms with Gasteiger partial charge in [0.1, 0.15) is 5.54 Å². The van der Waals surface area contributed by atoms with Gasteiger partial charge in [-0.2, -0.15) is 0 Å². The van der Waals surface area contributed by atoms with Gasteiger partial charge < -0.3 is 10.6 Å². The van der Waals surface area contributed by atoms with Gasteiger partial charge in [0.15, 0.2) is 5.78 Å². The molecular formula is C29H25Cl2N3O2. The minimum atomic E-state index is -1.16. The van der Waals surface area contributed by atoms with Gasteiger partial charge >= 0.3 is 0 Å². The number of rotatable bonds is 2. The van der Waals surface area contributed by atoms with Gasteiger partial charge in [0, 0.05) is 52.4 Å². The highest BCUT2D eigenvalue weighted by atomic mass is 35.5. The third-order valence-corrected chi connectivity index (χ3v) is 8.57. The highest BCUT2D eigenvalue weighted by Crippen LogP contribution is 2.63. The lowest BCUT2D eigenvalue weighted by molar-refractivity contribution is -0.143. The number of benzene rings is 3. The maximum Gasteiger partial charge on any atom is 0.250 e. The van der Waals surface area contributed by atoms with Crippen molar-refractivity contribution in [2.24, 2.45) is 5.41 Å². The number of Topliss-reactive ketones (excluding diaryl/α,β-unsaturated/α-hetero) is 1. The number of amides is 1. The fourth-order valence-corrected chi connectivity index (χ4v) is 6.85. The maximum atomic E-state index is 14.8. The molecule has 3 aliphatic heterocycles. The van der Waals surface area contributed by atoms with Gasteiger partial charge in [0.25, 0.3) is 5.91 Å². The van der Waals surface area contributed by atoms with Gasteiger partial charge in [0.05, 0.1) is 5.41 Å². The summed E-state index contributed by atoms with van der Waals surface area (Å²) in [5, 5.41) is 7.88. The van der Waals surface area contributed by atoms with Crippen molar-refractivity contribution in [2.75, 3.05) is 32.0 Å². The summed E-state index contributed by atoms with van der Waals surface area (Å²) in [7, 11) is 1.95. The van der Waals surface area contributed by atoms with Crippen molar-refractivity contribution in [3.63, 3.8) is 0 Å². The number of para-hydroxylation sites is 1. The molecule has 0 radical (unpaired) electrons. The molecule has 5 nitrogen and oxygen atoms in total. The van der Waals surface area contributed by atoms with Gasteiger partial charge in [-0.1, -0.05) is 65.7 Å². The monoisotopic (exact) mass is 517 g/mol. The van der Waals surface area contributed by atoms with Crippen molar-refractivity contribution >= 4 is 46.7 Å². The van der Waals surface area contributed by atoms with E-state index >= 15 is 0 Å². The van der Waals surface area contributed by atoms with Crippen LogP contribution in [0.25, 0.3) is 6.08 Å². The first kappa shape index (κ1) is 23.4. The molecule has 0 saturated carbocycles. The maximum absolute atomic E-state index is 14.8. The van der Waals surface area contributed by atoms with E-state index in [0.717, 1.165) is 22.4 Å². The van der Waals surface area contributed by atoms with E-state index in [1.807, 2.05) is 85.9 Å². The molecule has 2 saturated heterocycles.